The van der Waals surface area contributed by atoms with Crippen molar-refractivity contribution in [2.24, 2.45) is 0 Å². The molecular weight excluding hydrogens is 693 g/mol. The van der Waals surface area contributed by atoms with Crippen molar-refractivity contribution in [3.8, 4) is 9.88 Å². The summed E-state index contributed by atoms with van der Waals surface area (Å²) in [5, 5.41) is 0.721. The van der Waals surface area contributed by atoms with Gasteiger partial charge in [0.15, 0.2) is 23.1 Å². The van der Waals surface area contributed by atoms with E-state index in [9.17, 15) is 19.2 Å². The van der Waals surface area contributed by atoms with Gasteiger partial charge in [-0.25, -0.2) is 4.98 Å². The number of benzene rings is 4. The second-order valence-electron chi connectivity index (χ2n) is 14.1. The Labute approximate surface area is 316 Å². The van der Waals surface area contributed by atoms with E-state index in [-0.39, 0.29) is 41.0 Å². The summed E-state index contributed by atoms with van der Waals surface area (Å²) in [6, 6.07) is 24.8. The highest BCUT2D eigenvalue weighted by Crippen LogP contribution is 2.36. The average molecular weight is 728 g/mol. The molecule has 6 aromatic rings. The molecule has 8 rings (SSSR count). The molecule has 0 atom stereocenters. The topological polar surface area (TPSA) is 81.2 Å². The predicted molar refractivity (Wildman–Crippen MR) is 218 cm³/mol. The van der Waals surface area contributed by atoms with Crippen molar-refractivity contribution in [1.29, 1.82) is 0 Å². The third-order valence-corrected chi connectivity index (χ3v) is 12.4. The van der Waals surface area contributed by atoms with E-state index in [1.807, 2.05) is 0 Å². The molecule has 0 fully saturated rings. The van der Waals surface area contributed by atoms with E-state index in [0.29, 0.717) is 27.1 Å². The maximum Gasteiger partial charge on any atom is 0.244 e. The molecule has 2 aromatic heterocycles. The van der Waals surface area contributed by atoms with Gasteiger partial charge in [-0.3, -0.25) is 19.2 Å². The fourth-order valence-electron chi connectivity index (χ4n) is 8.18. The third kappa shape index (κ3) is 5.83. The van der Waals surface area contributed by atoms with E-state index in [2.05, 4.69) is 71.9 Å². The summed E-state index contributed by atoms with van der Waals surface area (Å²) in [6.07, 6.45) is 5.08. The maximum atomic E-state index is 13.5. The molecule has 8 heteroatoms. The first-order valence-corrected chi connectivity index (χ1v) is 19.1. The number of carbonyl (C=O) groups excluding carboxylic acids is 4. The largest absolute Gasteiger partial charge is 0.288 e. The predicted octanol–water partition coefficient (Wildman–Crippen LogP) is 8.16. The first kappa shape index (κ1) is 34.5. The molecule has 0 N–H and O–H groups in total. The third-order valence-electron chi connectivity index (χ3n) is 10.2. The molecule has 0 unspecified atom stereocenters. The second-order valence-corrected chi connectivity index (χ2v) is 16.2. The summed E-state index contributed by atoms with van der Waals surface area (Å²) in [6.45, 7) is 12.7. The number of fused-ring (bicyclic) bond motifs is 2. The molecule has 53 heavy (non-hydrogen) atoms. The molecule has 2 aliphatic rings. The van der Waals surface area contributed by atoms with Crippen molar-refractivity contribution >= 4 is 81.1 Å². The quantitative estimate of drug-likeness (QED) is 0.0983. The molecule has 2 aliphatic carbocycles. The zero-order valence-electron chi connectivity index (χ0n) is 30.2. The molecule has 4 aromatic carbocycles. The maximum absolute atomic E-state index is 13.5. The number of Topliss-reactive ketones (excluding diaryl/α,β-unsaturated/α-hetero) is 4. The zero-order valence-corrected chi connectivity index (χ0v) is 31.8. The SMILES string of the molecule is Cc1cc(C)c(B(c2cc(C=C3C(=O)c4ccccc4C3=O)sc2-c2ncc(C=C3C(=O)c4ccccc4C3=O)s2)c2c(C)cc(C)cc2C)c(C)c1. The lowest BCUT2D eigenvalue weighted by molar-refractivity contribution is 0.0975. The van der Waals surface area contributed by atoms with Crippen LogP contribution in [0.3, 0.4) is 0 Å². The monoisotopic (exact) mass is 727 g/mol. The minimum atomic E-state index is -0.283. The summed E-state index contributed by atoms with van der Waals surface area (Å²) >= 11 is 2.90. The number of rotatable bonds is 6. The van der Waals surface area contributed by atoms with Gasteiger partial charge in [-0.1, -0.05) is 117 Å². The molecular formula is C45H34BNO4S2. The van der Waals surface area contributed by atoms with Crippen LogP contribution < -0.4 is 16.4 Å². The van der Waals surface area contributed by atoms with Crippen LogP contribution in [0.2, 0.25) is 0 Å². The number of aromatic nitrogens is 1. The lowest BCUT2D eigenvalue weighted by Gasteiger charge is -2.24. The summed E-state index contributed by atoms with van der Waals surface area (Å²) in [7, 11) is 0. The van der Waals surface area contributed by atoms with Gasteiger partial charge in [0.25, 0.3) is 0 Å². The van der Waals surface area contributed by atoms with Gasteiger partial charge in [0.1, 0.15) is 5.01 Å². The van der Waals surface area contributed by atoms with E-state index in [1.54, 1.807) is 66.9 Å². The Hall–Kier alpha value is -5.57. The van der Waals surface area contributed by atoms with Crippen LogP contribution in [-0.4, -0.2) is 34.8 Å². The Balaban J connectivity index is 1.34. The summed E-state index contributed by atoms with van der Waals surface area (Å²) in [5.74, 6) is -1.11. The highest BCUT2D eigenvalue weighted by Gasteiger charge is 2.36. The fraction of sp³-hybridized carbons (Fsp3) is 0.133. The number of aryl methyl sites for hydroxylation is 6. The van der Waals surface area contributed by atoms with E-state index in [1.165, 1.54) is 67.0 Å². The van der Waals surface area contributed by atoms with E-state index >= 15 is 0 Å². The zero-order chi connectivity index (χ0) is 37.3. The van der Waals surface area contributed by atoms with Gasteiger partial charge >= 0.3 is 0 Å². The number of allylic oxidation sites excluding steroid dienone is 2. The molecule has 0 saturated carbocycles. The van der Waals surface area contributed by atoms with E-state index in [4.69, 9.17) is 4.98 Å². The van der Waals surface area contributed by atoms with Crippen LogP contribution in [-0.2, 0) is 0 Å². The minimum absolute atomic E-state index is 0.130. The average Bonchev–Trinajstić information content (AvgIpc) is 3.87. The number of thiophene rings is 1. The van der Waals surface area contributed by atoms with Gasteiger partial charge in [-0.05, 0) is 65.2 Å². The van der Waals surface area contributed by atoms with Crippen LogP contribution in [0, 0.1) is 41.5 Å². The Morgan fingerprint density at radius 1 is 0.528 bits per heavy atom. The summed E-state index contributed by atoms with van der Waals surface area (Å²) in [4.78, 5) is 60.8. The molecule has 0 radical (unpaired) electrons. The van der Waals surface area contributed by atoms with Crippen LogP contribution >= 0.6 is 22.7 Å². The van der Waals surface area contributed by atoms with Crippen LogP contribution in [0.25, 0.3) is 22.0 Å². The Morgan fingerprint density at radius 2 is 0.925 bits per heavy atom. The van der Waals surface area contributed by atoms with Crippen LogP contribution in [0.1, 0.15) is 84.6 Å². The lowest BCUT2D eigenvalue weighted by atomic mass is 9.34. The number of hydrogen-bond donors (Lipinski definition) is 0. The standard InChI is InChI=1S/C45H34BNO4S2/c1-23-15-25(3)38(26(4)16-23)46(39-27(5)17-24(2)18-28(39)6)37-21-29(19-35-40(48)31-11-7-8-12-32(31)41(35)49)52-44(37)45-47-22-30(53-45)20-36-42(50)33-13-9-10-14-34(33)43(36)51/h7-22H,1-6H3. The van der Waals surface area contributed by atoms with Crippen molar-refractivity contribution in [1.82, 2.24) is 4.98 Å². The molecule has 5 nitrogen and oxygen atoms in total. The van der Waals surface area contributed by atoms with E-state index in [0.717, 1.165) is 20.2 Å². The van der Waals surface area contributed by atoms with Crippen molar-refractivity contribution < 1.29 is 19.2 Å². The molecule has 2 heterocycles. The van der Waals surface area contributed by atoms with Gasteiger partial charge in [-0.15, -0.1) is 22.7 Å². The fourth-order valence-corrected chi connectivity index (χ4v) is 10.3. The second kappa shape index (κ2) is 13.1. The number of carbonyl (C=O) groups is 4. The Morgan fingerprint density at radius 3 is 1.34 bits per heavy atom. The Kier molecular flexibility index (Phi) is 8.55. The number of hydrogen-bond acceptors (Lipinski definition) is 7. The molecule has 0 amide bonds. The summed E-state index contributed by atoms with van der Waals surface area (Å²) < 4.78 is 0. The van der Waals surface area contributed by atoms with Crippen molar-refractivity contribution in [2.75, 3.05) is 0 Å². The molecule has 0 bridgehead atoms. The van der Waals surface area contributed by atoms with Gasteiger partial charge < -0.3 is 0 Å². The van der Waals surface area contributed by atoms with Crippen LogP contribution in [0.4, 0.5) is 0 Å². The lowest BCUT2D eigenvalue weighted by Crippen LogP contribution is -2.56. The first-order chi connectivity index (χ1) is 25.4. The number of ketones is 4. The van der Waals surface area contributed by atoms with Gasteiger partial charge in [0.05, 0.1) is 16.0 Å². The van der Waals surface area contributed by atoms with Crippen molar-refractivity contribution in [3.05, 3.63) is 162 Å². The highest BCUT2D eigenvalue weighted by molar-refractivity contribution is 7.24. The van der Waals surface area contributed by atoms with Crippen molar-refractivity contribution in [3.63, 3.8) is 0 Å². The number of thiazole rings is 1. The highest BCUT2D eigenvalue weighted by atomic mass is 32.1. The van der Waals surface area contributed by atoms with E-state index < -0.39 is 0 Å². The minimum Gasteiger partial charge on any atom is -0.288 e. The van der Waals surface area contributed by atoms with Crippen LogP contribution in [0.15, 0.2) is 96.2 Å². The number of nitrogens with zero attached hydrogens (tertiary/aromatic N) is 1. The normalized spacial score (nSPS) is 13.5. The molecule has 258 valence electrons. The van der Waals surface area contributed by atoms with Gasteiger partial charge in [0, 0.05) is 38.2 Å². The summed E-state index contributed by atoms with van der Waals surface area (Å²) in [5.41, 5.74) is 12.4. The smallest absolute Gasteiger partial charge is 0.244 e. The first-order valence-electron chi connectivity index (χ1n) is 17.5. The molecule has 0 aliphatic heterocycles. The van der Waals surface area contributed by atoms with Gasteiger partial charge in [-0.2, -0.15) is 0 Å². The molecule has 0 spiro atoms. The van der Waals surface area contributed by atoms with Crippen molar-refractivity contribution in [2.45, 2.75) is 41.5 Å². The van der Waals surface area contributed by atoms with Gasteiger partial charge in [0.2, 0.25) is 6.71 Å². The molecule has 0 saturated heterocycles. The van der Waals surface area contributed by atoms with Crippen LogP contribution in [0.5, 0.6) is 0 Å². The Bertz CT molecular complexity index is 2490.